The summed E-state index contributed by atoms with van der Waals surface area (Å²) in [6, 6.07) is 31.9. The van der Waals surface area contributed by atoms with Gasteiger partial charge in [0.05, 0.1) is 26.4 Å². The zero-order chi connectivity index (χ0) is 35.5. The summed E-state index contributed by atoms with van der Waals surface area (Å²) in [6.07, 6.45) is -5.20. The van der Waals surface area contributed by atoms with Gasteiger partial charge in [-0.1, -0.05) is 72.8 Å². The molecule has 0 aliphatic carbocycles. The molecule has 4 aromatic rings. The van der Waals surface area contributed by atoms with E-state index in [4.69, 9.17) is 23.7 Å². The number of esters is 1. The van der Waals surface area contributed by atoms with Crippen LogP contribution in [0.1, 0.15) is 40.4 Å². The van der Waals surface area contributed by atoms with Crippen molar-refractivity contribution >= 4 is 17.9 Å². The number of hydrogen-bond acceptors (Lipinski definition) is 10. The van der Waals surface area contributed by atoms with Crippen LogP contribution in [0.25, 0.3) is 0 Å². The molecule has 2 fully saturated rings. The van der Waals surface area contributed by atoms with E-state index in [1.165, 1.54) is 0 Å². The number of aliphatic hydroxyl groups is 2. The number of benzene rings is 4. The fourth-order valence-electron chi connectivity index (χ4n) is 6.28. The first-order valence-electron chi connectivity index (χ1n) is 16.0. The van der Waals surface area contributed by atoms with Gasteiger partial charge in [-0.05, 0) is 60.0 Å². The Morgan fingerprint density at radius 2 is 1.38 bits per heavy atom. The molecule has 12 heteroatoms. The lowest BCUT2D eigenvalue weighted by Crippen LogP contribution is -2.70. The van der Waals surface area contributed by atoms with Crippen LogP contribution in [0, 0.1) is 0 Å². The molecular formula is C38H38N2O10. The molecule has 0 spiro atoms. The third-order valence-electron chi connectivity index (χ3n) is 9.08. The molecule has 0 unspecified atom stereocenters. The van der Waals surface area contributed by atoms with E-state index in [1.54, 1.807) is 44.6 Å². The minimum atomic E-state index is -2.33. The summed E-state index contributed by atoms with van der Waals surface area (Å²) < 4.78 is 30.2. The second-order valence-electron chi connectivity index (χ2n) is 12.2. The summed E-state index contributed by atoms with van der Waals surface area (Å²) in [6.45, 7) is 0.921. The molecule has 0 aromatic heterocycles. The topological polar surface area (TPSA) is 153 Å². The lowest BCUT2D eigenvalue weighted by atomic mass is 9.80. The fraction of sp³-hybridized carbons (Fsp3) is 0.289. The SMILES string of the molecule is COc1ccc(C(OC[C@H]2O[C@@H](N3C(=O)NC(=O)[C@@](C)(O)[C@H]3O)C[C@@H]2OC(=O)c2ccccc2)(c2ccccc2)c2ccc(OC)cc2)cc1. The molecule has 2 heterocycles. The van der Waals surface area contributed by atoms with Crippen molar-refractivity contribution in [2.45, 2.75) is 49.2 Å². The van der Waals surface area contributed by atoms with Crippen molar-refractivity contribution in [2.24, 2.45) is 0 Å². The van der Waals surface area contributed by atoms with Gasteiger partial charge in [-0.2, -0.15) is 0 Å². The molecule has 2 aliphatic rings. The van der Waals surface area contributed by atoms with Crippen LogP contribution in [-0.2, 0) is 24.6 Å². The van der Waals surface area contributed by atoms with Crippen LogP contribution < -0.4 is 14.8 Å². The van der Waals surface area contributed by atoms with Crippen LogP contribution >= 0.6 is 0 Å². The van der Waals surface area contributed by atoms with E-state index in [2.05, 4.69) is 5.32 Å². The summed E-state index contributed by atoms with van der Waals surface area (Å²) >= 11 is 0. The summed E-state index contributed by atoms with van der Waals surface area (Å²) in [5.74, 6) is -0.390. The molecule has 5 atom stereocenters. The highest BCUT2D eigenvalue weighted by atomic mass is 16.6. The highest BCUT2D eigenvalue weighted by molar-refractivity contribution is 6.01. The number of carbonyl (C=O) groups is 3. The largest absolute Gasteiger partial charge is 0.497 e. The lowest BCUT2D eigenvalue weighted by Gasteiger charge is -2.42. The standard InChI is InChI=1S/C38H38N2O10/c1-37(45)34(42)39-36(44)40(35(37)43)32-22-30(50-33(41)24-10-6-4-7-11-24)31(49-32)23-48-38(25-12-8-5-9-13-25,26-14-18-28(46-2)19-15-26)27-16-20-29(47-3)21-17-27/h4-21,30-32,35,43,45H,22-23H2,1-3H3,(H,39,42,44)/t30-,31+,32+,35+,37+/m0/s1. The second kappa shape index (κ2) is 14.3. The predicted molar refractivity (Wildman–Crippen MR) is 179 cm³/mol. The molecule has 12 nitrogen and oxygen atoms in total. The van der Waals surface area contributed by atoms with Crippen molar-refractivity contribution in [1.29, 1.82) is 0 Å². The van der Waals surface area contributed by atoms with E-state index in [-0.39, 0.29) is 13.0 Å². The van der Waals surface area contributed by atoms with Crippen molar-refractivity contribution in [2.75, 3.05) is 20.8 Å². The predicted octanol–water partition coefficient (Wildman–Crippen LogP) is 3.97. The van der Waals surface area contributed by atoms with Gasteiger partial charge in [-0.25, -0.2) is 9.59 Å². The highest BCUT2D eigenvalue weighted by Crippen LogP contribution is 2.43. The minimum absolute atomic E-state index is 0.0925. The molecule has 0 radical (unpaired) electrons. The Labute approximate surface area is 289 Å². The first kappa shape index (κ1) is 34.6. The fourth-order valence-corrected chi connectivity index (χ4v) is 6.28. The van der Waals surface area contributed by atoms with Crippen molar-refractivity contribution < 1.29 is 48.3 Å². The summed E-state index contributed by atoms with van der Waals surface area (Å²) in [5.41, 5.74) is -0.983. The maximum Gasteiger partial charge on any atom is 0.338 e. The van der Waals surface area contributed by atoms with Gasteiger partial charge >= 0.3 is 12.0 Å². The van der Waals surface area contributed by atoms with E-state index in [0.29, 0.717) is 17.1 Å². The molecule has 3 N–H and O–H groups in total. The summed E-state index contributed by atoms with van der Waals surface area (Å²) in [4.78, 5) is 39.5. The van der Waals surface area contributed by atoms with Crippen LogP contribution in [0.3, 0.4) is 0 Å². The van der Waals surface area contributed by atoms with E-state index >= 15 is 0 Å². The van der Waals surface area contributed by atoms with Gasteiger partial charge in [-0.3, -0.25) is 15.0 Å². The number of nitrogens with zero attached hydrogens (tertiary/aromatic N) is 1. The molecule has 260 valence electrons. The van der Waals surface area contributed by atoms with E-state index < -0.39 is 53.8 Å². The van der Waals surface area contributed by atoms with Gasteiger partial charge in [-0.15, -0.1) is 0 Å². The van der Waals surface area contributed by atoms with Crippen molar-refractivity contribution in [3.05, 3.63) is 131 Å². The third kappa shape index (κ3) is 6.53. The smallest absolute Gasteiger partial charge is 0.338 e. The Kier molecular flexibility index (Phi) is 9.89. The maximum absolute atomic E-state index is 13.3. The second-order valence-corrected chi connectivity index (χ2v) is 12.2. The van der Waals surface area contributed by atoms with E-state index in [9.17, 15) is 24.6 Å². The zero-order valence-electron chi connectivity index (χ0n) is 27.7. The van der Waals surface area contributed by atoms with Gasteiger partial charge in [0.1, 0.15) is 35.5 Å². The van der Waals surface area contributed by atoms with Gasteiger partial charge in [0.15, 0.2) is 11.8 Å². The number of nitrogens with one attached hydrogen (secondary N) is 1. The molecule has 6 rings (SSSR count). The van der Waals surface area contributed by atoms with Crippen LogP contribution in [0.15, 0.2) is 109 Å². The summed E-state index contributed by atoms with van der Waals surface area (Å²) in [5, 5.41) is 23.7. The number of imide groups is 1. The number of aliphatic hydroxyl groups excluding tert-OH is 1. The van der Waals surface area contributed by atoms with Gasteiger partial charge in [0, 0.05) is 6.42 Å². The Balaban J connectivity index is 1.40. The molecule has 4 aromatic carbocycles. The van der Waals surface area contributed by atoms with Crippen molar-refractivity contribution in [1.82, 2.24) is 10.2 Å². The average Bonchev–Trinajstić information content (AvgIpc) is 3.53. The van der Waals surface area contributed by atoms with Crippen molar-refractivity contribution in [3.8, 4) is 11.5 Å². The highest BCUT2D eigenvalue weighted by Gasteiger charge is 2.54. The van der Waals surface area contributed by atoms with E-state index in [0.717, 1.165) is 28.5 Å². The molecule has 50 heavy (non-hydrogen) atoms. The number of amides is 3. The number of hydrogen-bond donors (Lipinski definition) is 3. The van der Waals surface area contributed by atoms with Gasteiger partial charge in [0.2, 0.25) is 0 Å². The number of ether oxygens (including phenoxy) is 5. The molecule has 2 saturated heterocycles. The minimum Gasteiger partial charge on any atom is -0.497 e. The van der Waals surface area contributed by atoms with Gasteiger partial charge < -0.3 is 33.9 Å². The molecule has 0 saturated carbocycles. The van der Waals surface area contributed by atoms with Crippen LogP contribution in [0.5, 0.6) is 11.5 Å². The normalized spacial score (nSPS) is 23.7. The molecule has 3 amide bonds. The Bertz CT molecular complexity index is 1750. The van der Waals surface area contributed by atoms with Crippen LogP contribution in [-0.4, -0.2) is 84.1 Å². The monoisotopic (exact) mass is 682 g/mol. The first-order valence-corrected chi connectivity index (χ1v) is 16.0. The number of carbonyl (C=O) groups excluding carboxylic acids is 3. The zero-order valence-corrected chi connectivity index (χ0v) is 27.7. The van der Waals surface area contributed by atoms with Crippen LogP contribution in [0.2, 0.25) is 0 Å². The van der Waals surface area contributed by atoms with E-state index in [1.807, 2.05) is 78.9 Å². The quantitative estimate of drug-likeness (QED) is 0.157. The Hall–Kier alpha value is -5.27. The lowest BCUT2D eigenvalue weighted by molar-refractivity contribution is -0.195. The Morgan fingerprint density at radius 1 is 0.860 bits per heavy atom. The average molecular weight is 683 g/mol. The number of methoxy groups -OCH3 is 2. The maximum atomic E-state index is 13.3. The van der Waals surface area contributed by atoms with Gasteiger partial charge in [0.25, 0.3) is 5.91 Å². The third-order valence-corrected chi connectivity index (χ3v) is 9.08. The molecular weight excluding hydrogens is 644 g/mol. The number of rotatable bonds is 11. The molecule has 0 bridgehead atoms. The number of urea groups is 1. The first-order chi connectivity index (χ1) is 24.1. The van der Waals surface area contributed by atoms with Crippen molar-refractivity contribution in [3.63, 3.8) is 0 Å². The molecule has 2 aliphatic heterocycles. The van der Waals surface area contributed by atoms with Crippen LogP contribution in [0.4, 0.5) is 4.79 Å². The summed E-state index contributed by atoms with van der Waals surface area (Å²) in [7, 11) is 3.16. The Morgan fingerprint density at radius 3 is 1.92 bits per heavy atom.